The number of hydrogen-bond donors (Lipinski definition) is 2. The summed E-state index contributed by atoms with van der Waals surface area (Å²) in [5, 5.41) is 6.13. The molecule has 2 N–H and O–H groups in total. The van der Waals surface area contributed by atoms with Gasteiger partial charge in [0.2, 0.25) is 0 Å². The molecule has 1 atom stereocenters. The molecule has 1 amide bonds. The Bertz CT molecular complexity index is 605. The Morgan fingerprint density at radius 2 is 1.86 bits per heavy atom. The normalized spacial score (nSPS) is 12.0. The molecule has 0 spiro atoms. The second-order valence-electron chi connectivity index (χ2n) is 5.29. The highest BCUT2D eigenvalue weighted by Gasteiger charge is 2.06. The van der Waals surface area contributed by atoms with Crippen LogP contribution in [0.25, 0.3) is 0 Å². The molecule has 21 heavy (non-hydrogen) atoms. The molecule has 0 unspecified atom stereocenters. The first kappa shape index (κ1) is 15.3. The lowest BCUT2D eigenvalue weighted by atomic mass is 10.1. The van der Waals surface area contributed by atoms with Crippen LogP contribution < -0.4 is 10.6 Å². The summed E-state index contributed by atoms with van der Waals surface area (Å²) in [6.07, 6.45) is 0. The lowest BCUT2D eigenvalue weighted by Crippen LogP contribution is -2.19. The third-order valence-corrected chi connectivity index (χ3v) is 3.60. The summed E-state index contributed by atoms with van der Waals surface area (Å²) in [6.45, 7) is 5.05. The molecule has 0 fully saturated rings. The van der Waals surface area contributed by atoms with Gasteiger partial charge in [-0.2, -0.15) is 0 Å². The van der Waals surface area contributed by atoms with Crippen LogP contribution >= 0.6 is 0 Å². The maximum absolute atomic E-state index is 11.5. The SMILES string of the molecule is CNC(=O)c1ccc(CN[C@@H](C)c2cccc(C)c2)cc1. The summed E-state index contributed by atoms with van der Waals surface area (Å²) in [5.74, 6) is -0.0531. The summed E-state index contributed by atoms with van der Waals surface area (Å²) < 4.78 is 0. The highest BCUT2D eigenvalue weighted by Crippen LogP contribution is 2.14. The number of nitrogens with one attached hydrogen (secondary N) is 2. The molecule has 0 heterocycles. The number of benzene rings is 2. The van der Waals surface area contributed by atoms with Gasteiger partial charge < -0.3 is 10.6 Å². The van der Waals surface area contributed by atoms with Crippen molar-refractivity contribution >= 4 is 5.91 Å². The summed E-state index contributed by atoms with van der Waals surface area (Å²) in [4.78, 5) is 11.5. The Hall–Kier alpha value is -2.13. The van der Waals surface area contributed by atoms with E-state index in [1.807, 2.05) is 24.3 Å². The first-order chi connectivity index (χ1) is 10.1. The van der Waals surface area contributed by atoms with Crippen molar-refractivity contribution in [3.8, 4) is 0 Å². The van der Waals surface area contributed by atoms with Gasteiger partial charge in [-0.05, 0) is 37.1 Å². The third kappa shape index (κ3) is 4.17. The van der Waals surface area contributed by atoms with Crippen LogP contribution in [0.1, 0.15) is 40.0 Å². The summed E-state index contributed by atoms with van der Waals surface area (Å²) in [7, 11) is 1.64. The van der Waals surface area contributed by atoms with E-state index in [2.05, 4.69) is 48.7 Å². The molecule has 0 bridgehead atoms. The zero-order valence-electron chi connectivity index (χ0n) is 12.8. The third-order valence-electron chi connectivity index (χ3n) is 3.60. The summed E-state index contributed by atoms with van der Waals surface area (Å²) in [6, 6.07) is 16.5. The van der Waals surface area contributed by atoms with Crippen LogP contribution in [0.15, 0.2) is 48.5 Å². The van der Waals surface area contributed by atoms with Crippen LogP contribution in [0.3, 0.4) is 0 Å². The maximum atomic E-state index is 11.5. The van der Waals surface area contributed by atoms with Crippen LogP contribution in [0.4, 0.5) is 0 Å². The number of hydrogen-bond acceptors (Lipinski definition) is 2. The molecule has 3 nitrogen and oxygen atoms in total. The molecule has 2 aromatic rings. The Labute approximate surface area is 126 Å². The highest BCUT2D eigenvalue weighted by atomic mass is 16.1. The van der Waals surface area contributed by atoms with Gasteiger partial charge in [0.15, 0.2) is 0 Å². The molecule has 0 aliphatic heterocycles. The van der Waals surface area contributed by atoms with Crippen molar-refractivity contribution in [1.82, 2.24) is 10.6 Å². The van der Waals surface area contributed by atoms with Crippen LogP contribution in [0.5, 0.6) is 0 Å². The molecule has 110 valence electrons. The van der Waals surface area contributed by atoms with Crippen molar-refractivity contribution in [3.05, 3.63) is 70.8 Å². The summed E-state index contributed by atoms with van der Waals surface area (Å²) >= 11 is 0. The minimum atomic E-state index is -0.0531. The highest BCUT2D eigenvalue weighted by molar-refractivity contribution is 5.93. The van der Waals surface area contributed by atoms with E-state index in [0.717, 1.165) is 6.54 Å². The molecule has 0 aliphatic carbocycles. The zero-order valence-corrected chi connectivity index (χ0v) is 12.8. The van der Waals surface area contributed by atoms with Crippen molar-refractivity contribution in [2.45, 2.75) is 26.4 Å². The molecule has 0 saturated carbocycles. The van der Waals surface area contributed by atoms with Gasteiger partial charge in [-0.15, -0.1) is 0 Å². The molecular weight excluding hydrogens is 260 g/mol. The van der Waals surface area contributed by atoms with E-state index >= 15 is 0 Å². The van der Waals surface area contributed by atoms with Gasteiger partial charge in [-0.25, -0.2) is 0 Å². The van der Waals surface area contributed by atoms with E-state index in [-0.39, 0.29) is 5.91 Å². The number of aryl methyl sites for hydroxylation is 1. The minimum absolute atomic E-state index is 0.0531. The largest absolute Gasteiger partial charge is 0.355 e. The lowest BCUT2D eigenvalue weighted by Gasteiger charge is -2.15. The van der Waals surface area contributed by atoms with Gasteiger partial charge in [0.1, 0.15) is 0 Å². The fourth-order valence-electron chi connectivity index (χ4n) is 2.25. The van der Waals surface area contributed by atoms with Crippen LogP contribution in [0.2, 0.25) is 0 Å². The lowest BCUT2D eigenvalue weighted by molar-refractivity contribution is 0.0963. The van der Waals surface area contributed by atoms with E-state index in [4.69, 9.17) is 0 Å². The van der Waals surface area contributed by atoms with Crippen molar-refractivity contribution in [2.24, 2.45) is 0 Å². The molecule has 2 rings (SSSR count). The molecule has 0 saturated heterocycles. The van der Waals surface area contributed by atoms with E-state index in [9.17, 15) is 4.79 Å². The number of rotatable bonds is 5. The Morgan fingerprint density at radius 3 is 2.48 bits per heavy atom. The van der Waals surface area contributed by atoms with Crippen molar-refractivity contribution in [1.29, 1.82) is 0 Å². The Morgan fingerprint density at radius 1 is 1.14 bits per heavy atom. The predicted molar refractivity (Wildman–Crippen MR) is 86.3 cm³/mol. The molecule has 3 heteroatoms. The van der Waals surface area contributed by atoms with Crippen LogP contribution in [0, 0.1) is 6.92 Å². The second-order valence-corrected chi connectivity index (χ2v) is 5.29. The van der Waals surface area contributed by atoms with Gasteiger partial charge in [0.25, 0.3) is 5.91 Å². The fourth-order valence-corrected chi connectivity index (χ4v) is 2.25. The first-order valence-corrected chi connectivity index (χ1v) is 7.21. The molecular formula is C18H22N2O. The Balaban J connectivity index is 1.95. The molecule has 0 aliphatic rings. The average Bonchev–Trinajstić information content (AvgIpc) is 2.52. The van der Waals surface area contributed by atoms with E-state index in [1.165, 1.54) is 16.7 Å². The van der Waals surface area contributed by atoms with Crippen molar-refractivity contribution in [3.63, 3.8) is 0 Å². The predicted octanol–water partition coefficient (Wildman–Crippen LogP) is 3.21. The second kappa shape index (κ2) is 7.04. The number of carbonyl (C=O) groups excluding carboxylic acids is 1. The Kier molecular flexibility index (Phi) is 5.12. The topological polar surface area (TPSA) is 41.1 Å². The first-order valence-electron chi connectivity index (χ1n) is 7.21. The van der Waals surface area contributed by atoms with Crippen molar-refractivity contribution in [2.75, 3.05) is 7.05 Å². The van der Waals surface area contributed by atoms with E-state index in [1.54, 1.807) is 7.05 Å². The van der Waals surface area contributed by atoms with Gasteiger partial charge in [0.05, 0.1) is 0 Å². The molecule has 0 aromatic heterocycles. The summed E-state index contributed by atoms with van der Waals surface area (Å²) in [5.41, 5.74) is 4.42. The van der Waals surface area contributed by atoms with Crippen molar-refractivity contribution < 1.29 is 4.79 Å². The van der Waals surface area contributed by atoms with Gasteiger partial charge in [-0.1, -0.05) is 42.0 Å². The van der Waals surface area contributed by atoms with Gasteiger partial charge >= 0.3 is 0 Å². The van der Waals surface area contributed by atoms with Gasteiger partial charge in [0, 0.05) is 25.2 Å². The molecule has 2 aromatic carbocycles. The zero-order chi connectivity index (χ0) is 15.2. The number of carbonyl (C=O) groups is 1. The minimum Gasteiger partial charge on any atom is -0.355 e. The van der Waals surface area contributed by atoms with Crippen LogP contribution in [-0.4, -0.2) is 13.0 Å². The number of amides is 1. The monoisotopic (exact) mass is 282 g/mol. The molecule has 0 radical (unpaired) electrons. The fraction of sp³-hybridized carbons (Fsp3) is 0.278. The van der Waals surface area contributed by atoms with Crippen LogP contribution in [-0.2, 0) is 6.54 Å². The standard InChI is InChI=1S/C18H22N2O/c1-13-5-4-6-17(11-13)14(2)20-12-15-7-9-16(10-8-15)18(21)19-3/h4-11,14,20H,12H2,1-3H3,(H,19,21)/t14-/m0/s1. The smallest absolute Gasteiger partial charge is 0.251 e. The average molecular weight is 282 g/mol. The van der Waals surface area contributed by atoms with Gasteiger partial charge in [-0.3, -0.25) is 4.79 Å². The van der Waals surface area contributed by atoms with E-state index in [0.29, 0.717) is 11.6 Å². The quantitative estimate of drug-likeness (QED) is 0.884. The van der Waals surface area contributed by atoms with E-state index < -0.39 is 0 Å². The maximum Gasteiger partial charge on any atom is 0.251 e.